The van der Waals surface area contributed by atoms with Gasteiger partial charge in [-0.3, -0.25) is 9.79 Å². The fourth-order valence-corrected chi connectivity index (χ4v) is 2.55. The van der Waals surface area contributed by atoms with Crippen molar-refractivity contribution in [2.45, 2.75) is 6.54 Å². The summed E-state index contributed by atoms with van der Waals surface area (Å²) in [6, 6.07) is 10.7. The van der Waals surface area contributed by atoms with E-state index in [0.29, 0.717) is 11.0 Å². The molecule has 1 amide bonds. The van der Waals surface area contributed by atoms with Crippen molar-refractivity contribution in [3.8, 4) is 5.75 Å². The minimum atomic E-state index is -4.59. The van der Waals surface area contributed by atoms with Crippen LogP contribution in [-0.4, -0.2) is 20.9 Å². The smallest absolute Gasteiger partial charge is 0.524 e. The van der Waals surface area contributed by atoms with E-state index < -0.39 is 13.7 Å². The van der Waals surface area contributed by atoms with Crippen LogP contribution in [0.5, 0.6) is 5.75 Å². The van der Waals surface area contributed by atoms with Gasteiger partial charge in [-0.05, 0) is 29.8 Å². The molecule has 2 aromatic carbocycles. The number of carbonyl (C=O) groups excluding carboxylic acids is 1. The molecule has 3 rings (SSSR count). The summed E-state index contributed by atoms with van der Waals surface area (Å²) in [6.07, 6.45) is 0. The molecule has 9 nitrogen and oxygen atoms in total. The van der Waals surface area contributed by atoms with Crippen LogP contribution < -0.4 is 9.26 Å². The van der Waals surface area contributed by atoms with Crippen LogP contribution in [0.1, 0.15) is 15.9 Å². The third-order valence-electron chi connectivity index (χ3n) is 3.22. The number of nitrogens with zero attached hydrogens (tertiary/aromatic N) is 2. The summed E-state index contributed by atoms with van der Waals surface area (Å²) in [5, 5.41) is 3.87. The molecule has 0 saturated carbocycles. The molecular formula is C14H12N3O6PY. The van der Waals surface area contributed by atoms with Gasteiger partial charge in [0.1, 0.15) is 5.75 Å². The summed E-state index contributed by atoms with van der Waals surface area (Å²) in [5.74, 6) is -0.759. The molecule has 1 radical (unpaired) electrons. The second-order valence-electron chi connectivity index (χ2n) is 4.97. The van der Waals surface area contributed by atoms with Crippen LogP contribution in [0.25, 0.3) is 16.8 Å². The van der Waals surface area contributed by atoms with E-state index in [0.717, 1.165) is 5.56 Å². The monoisotopic (exact) mass is 438 g/mol. The number of carbonyl (C=O) groups is 1. The average Bonchev–Trinajstić information content (AvgIpc) is 2.90. The standard InChI is InChI=1S/C14H12N3O6P.Y/c15-14(18)10-3-6-12-13(7-10)17(23-16-12)8-9-1-4-11(5-2-9)22-24(19,20)21;/h1-7H,8H2,(H3-,15,18,19,20,21);. The van der Waals surface area contributed by atoms with Gasteiger partial charge in [0.25, 0.3) is 5.52 Å². The van der Waals surface area contributed by atoms with Crippen molar-refractivity contribution in [3.63, 3.8) is 0 Å². The zero-order chi connectivity index (χ0) is 17.3. The van der Waals surface area contributed by atoms with Crippen molar-refractivity contribution in [1.29, 1.82) is 0 Å². The predicted octanol–water partition coefficient (Wildman–Crippen LogP) is 1.82. The zero-order valence-corrected chi connectivity index (χ0v) is 16.4. The number of hydrogen-bond acceptors (Lipinski definition) is 5. The normalized spacial score (nSPS) is 11.1. The first-order valence-electron chi connectivity index (χ1n) is 6.71. The number of phosphoric acid groups is 1. The molecule has 0 aliphatic carbocycles. The Hall–Kier alpha value is -1.64. The van der Waals surface area contributed by atoms with E-state index >= 15 is 0 Å². The molecule has 0 aliphatic heterocycles. The molecule has 0 fully saturated rings. The molecule has 0 unspecified atom stereocenters. The summed E-state index contributed by atoms with van der Waals surface area (Å²) in [7, 11) is -4.59. The van der Waals surface area contributed by atoms with E-state index in [9.17, 15) is 9.36 Å². The first kappa shape index (κ1) is 19.7. The SMILES string of the molecule is [NH-]C(=O)c1ccc2no[n+](Cc3ccc(OP(=O)(O)O)cc3)c2c1.[Y]. The summed E-state index contributed by atoms with van der Waals surface area (Å²) >= 11 is 0. The number of amides is 1. The second-order valence-corrected chi connectivity index (χ2v) is 6.13. The Bertz CT molecular complexity index is 953. The number of aromatic nitrogens is 2. The van der Waals surface area contributed by atoms with E-state index in [1.807, 2.05) is 0 Å². The quantitative estimate of drug-likeness (QED) is 0.458. The van der Waals surface area contributed by atoms with Gasteiger partial charge in [0.2, 0.25) is 5.52 Å². The first-order chi connectivity index (χ1) is 11.3. The molecule has 3 aromatic rings. The minimum absolute atomic E-state index is 0. The van der Waals surface area contributed by atoms with Crippen LogP contribution in [0, 0.1) is 0 Å². The molecule has 25 heavy (non-hydrogen) atoms. The summed E-state index contributed by atoms with van der Waals surface area (Å²) in [6.45, 7) is 0.280. The molecule has 0 atom stereocenters. The molecule has 11 heteroatoms. The molecule has 0 bridgehead atoms. The van der Waals surface area contributed by atoms with E-state index in [-0.39, 0.29) is 50.6 Å². The Kier molecular flexibility index (Phi) is 6.08. The maximum absolute atomic E-state index is 11.2. The fourth-order valence-electron chi connectivity index (χ4n) is 2.15. The van der Waals surface area contributed by atoms with E-state index in [1.165, 1.54) is 29.0 Å². The van der Waals surface area contributed by atoms with Gasteiger partial charge in [-0.1, -0.05) is 21.5 Å². The zero-order valence-electron chi connectivity index (χ0n) is 12.7. The van der Waals surface area contributed by atoms with Crippen LogP contribution in [0.4, 0.5) is 0 Å². The largest absolute Gasteiger partial charge is 0.664 e. The third kappa shape index (κ3) is 4.93. The number of nitrogens with one attached hydrogen (secondary N) is 1. The van der Waals surface area contributed by atoms with Gasteiger partial charge in [-0.25, -0.2) is 4.57 Å². The molecule has 3 N–H and O–H groups in total. The Morgan fingerprint density at radius 1 is 1.24 bits per heavy atom. The Balaban J connectivity index is 0.00000225. The second kappa shape index (κ2) is 7.72. The van der Waals surface area contributed by atoms with E-state index in [4.69, 9.17) is 20.1 Å². The topological polar surface area (TPSA) is 138 Å². The van der Waals surface area contributed by atoms with E-state index in [2.05, 4.69) is 9.68 Å². The maximum Gasteiger partial charge on any atom is 0.524 e. The van der Waals surface area contributed by atoms with Gasteiger partial charge >= 0.3 is 7.82 Å². The van der Waals surface area contributed by atoms with Crippen LogP contribution >= 0.6 is 7.82 Å². The molecule has 0 saturated heterocycles. The first-order valence-corrected chi connectivity index (χ1v) is 8.25. The van der Waals surface area contributed by atoms with Crippen molar-refractivity contribution < 1.29 is 65.7 Å². The minimum Gasteiger partial charge on any atom is -0.664 e. The molecular weight excluding hydrogens is 426 g/mol. The van der Waals surface area contributed by atoms with Gasteiger partial charge < -0.3 is 15.1 Å². The van der Waals surface area contributed by atoms with Gasteiger partial charge in [0, 0.05) is 44.3 Å². The van der Waals surface area contributed by atoms with Gasteiger partial charge in [0.15, 0.2) is 11.7 Å². The third-order valence-corrected chi connectivity index (χ3v) is 3.67. The summed E-state index contributed by atoms with van der Waals surface area (Å²) in [4.78, 5) is 28.7. The summed E-state index contributed by atoms with van der Waals surface area (Å²) in [5.41, 5.74) is 9.25. The van der Waals surface area contributed by atoms with Crippen molar-refractivity contribution in [2.24, 2.45) is 0 Å². The number of fused-ring (bicyclic) bond motifs is 1. The van der Waals surface area contributed by atoms with Crippen LogP contribution in [0.15, 0.2) is 47.1 Å². The van der Waals surface area contributed by atoms with Crippen LogP contribution in [-0.2, 0) is 43.8 Å². The molecule has 1 heterocycles. The summed E-state index contributed by atoms with van der Waals surface area (Å²) < 4.78 is 21.9. The molecule has 0 aliphatic rings. The van der Waals surface area contributed by atoms with Gasteiger partial charge in [-0.2, -0.15) is 0 Å². The number of rotatable bonds is 5. The maximum atomic E-state index is 11.2. The number of benzene rings is 2. The Morgan fingerprint density at radius 2 is 1.92 bits per heavy atom. The van der Waals surface area contributed by atoms with Crippen LogP contribution in [0.2, 0.25) is 0 Å². The van der Waals surface area contributed by atoms with Gasteiger partial charge in [0.05, 0.1) is 5.91 Å². The van der Waals surface area contributed by atoms with Crippen molar-refractivity contribution in [1.82, 2.24) is 5.16 Å². The Labute approximate surface area is 166 Å². The van der Waals surface area contributed by atoms with Crippen LogP contribution in [0.3, 0.4) is 0 Å². The van der Waals surface area contributed by atoms with Crippen molar-refractivity contribution in [3.05, 3.63) is 59.3 Å². The van der Waals surface area contributed by atoms with E-state index in [1.54, 1.807) is 18.2 Å². The molecule has 127 valence electrons. The number of hydrogen-bond donors (Lipinski definition) is 2. The average molecular weight is 438 g/mol. The van der Waals surface area contributed by atoms with Gasteiger partial charge in [-0.15, -0.1) is 0 Å². The predicted molar refractivity (Wildman–Crippen MR) is 81.1 cm³/mol. The Morgan fingerprint density at radius 3 is 2.52 bits per heavy atom. The molecule has 1 aromatic heterocycles. The molecule has 0 spiro atoms. The number of phosphoric ester groups is 1. The van der Waals surface area contributed by atoms with Crippen molar-refractivity contribution in [2.75, 3.05) is 0 Å². The fraction of sp³-hybridized carbons (Fsp3) is 0.0714. The van der Waals surface area contributed by atoms with Crippen molar-refractivity contribution >= 4 is 24.8 Å².